The Morgan fingerprint density at radius 3 is 2.28 bits per heavy atom. The zero-order valence-electron chi connectivity index (χ0n) is 14.8. The van der Waals surface area contributed by atoms with Crippen LogP contribution in [-0.2, 0) is 16.6 Å². The molecule has 4 nitrogen and oxygen atoms in total. The fourth-order valence-corrected chi connectivity index (χ4v) is 4.71. The summed E-state index contributed by atoms with van der Waals surface area (Å²) >= 11 is 0. The highest BCUT2D eigenvalue weighted by Crippen LogP contribution is 2.38. The van der Waals surface area contributed by atoms with Crippen molar-refractivity contribution in [1.82, 2.24) is 4.31 Å². The fraction of sp³-hybridized carbons (Fsp3) is 0.400. The van der Waals surface area contributed by atoms with Gasteiger partial charge in [0.15, 0.2) is 0 Å². The molecule has 0 amide bonds. The zero-order valence-corrected chi connectivity index (χ0v) is 15.6. The van der Waals surface area contributed by atoms with Crippen LogP contribution in [-0.4, -0.2) is 25.4 Å². The minimum Gasteiger partial charge on any atom is -0.494 e. The number of hydrogen-bond donors (Lipinski definition) is 0. The highest BCUT2D eigenvalue weighted by atomic mass is 32.2. The van der Waals surface area contributed by atoms with Crippen LogP contribution in [0, 0.1) is 5.92 Å². The molecule has 0 aliphatic heterocycles. The third-order valence-corrected chi connectivity index (χ3v) is 6.63. The van der Waals surface area contributed by atoms with Crippen molar-refractivity contribution in [3.8, 4) is 5.75 Å². The molecule has 1 aliphatic carbocycles. The molecular weight excluding hydrogens is 334 g/mol. The van der Waals surface area contributed by atoms with E-state index in [0.29, 0.717) is 29.7 Å². The Kier molecular flexibility index (Phi) is 5.45. The molecule has 0 saturated heterocycles. The molecular formula is C20H25NO3S. The molecule has 0 unspecified atom stereocenters. The van der Waals surface area contributed by atoms with Crippen LogP contribution < -0.4 is 4.74 Å². The summed E-state index contributed by atoms with van der Waals surface area (Å²) in [6.45, 7) is 4.88. The second-order valence-corrected chi connectivity index (χ2v) is 8.41. The quantitative estimate of drug-likeness (QED) is 0.714. The summed E-state index contributed by atoms with van der Waals surface area (Å²) < 4.78 is 33.6. The van der Waals surface area contributed by atoms with Gasteiger partial charge in [0.1, 0.15) is 5.75 Å². The summed E-state index contributed by atoms with van der Waals surface area (Å²) in [5, 5.41) is 0. The maximum Gasteiger partial charge on any atom is 0.243 e. The standard InChI is InChI=1S/C20H25NO3S/c1-3-24-19-11-13-20(14-12-19)25(22,23)21(16(2)18-9-10-18)15-17-7-5-4-6-8-17/h4-8,11-14,16,18H,3,9-10,15H2,1-2H3/t16-/m1/s1. The largest absolute Gasteiger partial charge is 0.494 e. The summed E-state index contributed by atoms with van der Waals surface area (Å²) in [6.07, 6.45) is 2.20. The van der Waals surface area contributed by atoms with Gasteiger partial charge in [0.05, 0.1) is 11.5 Å². The summed E-state index contributed by atoms with van der Waals surface area (Å²) in [7, 11) is -3.56. The normalized spacial score (nSPS) is 16.0. The second kappa shape index (κ2) is 7.58. The second-order valence-electron chi connectivity index (χ2n) is 6.52. The molecule has 0 aromatic heterocycles. The Morgan fingerprint density at radius 2 is 1.72 bits per heavy atom. The van der Waals surface area contributed by atoms with Crippen molar-refractivity contribution in [2.24, 2.45) is 5.92 Å². The molecule has 25 heavy (non-hydrogen) atoms. The van der Waals surface area contributed by atoms with E-state index in [4.69, 9.17) is 4.74 Å². The zero-order chi connectivity index (χ0) is 17.9. The van der Waals surface area contributed by atoms with Crippen molar-refractivity contribution in [3.05, 3.63) is 60.2 Å². The summed E-state index contributed by atoms with van der Waals surface area (Å²) in [4.78, 5) is 0.319. The van der Waals surface area contributed by atoms with Crippen LogP contribution in [0.25, 0.3) is 0 Å². The Labute approximate surface area is 150 Å². The predicted octanol–water partition coefficient (Wildman–Crippen LogP) is 4.07. The van der Waals surface area contributed by atoms with Crippen LogP contribution >= 0.6 is 0 Å². The number of nitrogens with zero attached hydrogens (tertiary/aromatic N) is 1. The van der Waals surface area contributed by atoms with Gasteiger partial charge in [0.2, 0.25) is 10.0 Å². The van der Waals surface area contributed by atoms with Crippen molar-refractivity contribution in [1.29, 1.82) is 0 Å². The maximum atomic E-state index is 13.3. The number of sulfonamides is 1. The van der Waals surface area contributed by atoms with Gasteiger partial charge in [-0.1, -0.05) is 30.3 Å². The molecule has 1 aliphatic rings. The van der Waals surface area contributed by atoms with Crippen molar-refractivity contribution in [2.75, 3.05) is 6.61 Å². The van der Waals surface area contributed by atoms with Gasteiger partial charge in [-0.05, 0) is 62.4 Å². The molecule has 2 aromatic rings. The van der Waals surface area contributed by atoms with E-state index in [0.717, 1.165) is 18.4 Å². The smallest absolute Gasteiger partial charge is 0.243 e. The molecule has 0 heterocycles. The van der Waals surface area contributed by atoms with E-state index in [1.54, 1.807) is 28.6 Å². The average molecular weight is 359 g/mol. The summed E-state index contributed by atoms with van der Waals surface area (Å²) in [5.41, 5.74) is 1.00. The molecule has 1 atom stereocenters. The van der Waals surface area contributed by atoms with E-state index in [2.05, 4.69) is 0 Å². The van der Waals surface area contributed by atoms with Crippen LogP contribution in [0.15, 0.2) is 59.5 Å². The first-order chi connectivity index (χ1) is 12.0. The summed E-state index contributed by atoms with van der Waals surface area (Å²) in [6, 6.07) is 16.5. The first kappa shape index (κ1) is 18.0. The van der Waals surface area contributed by atoms with E-state index < -0.39 is 10.0 Å². The summed E-state index contributed by atoms with van der Waals surface area (Å²) in [5.74, 6) is 1.15. The molecule has 134 valence electrons. The molecule has 3 rings (SSSR count). The van der Waals surface area contributed by atoms with Crippen LogP contribution in [0.2, 0.25) is 0 Å². The minimum atomic E-state index is -3.56. The first-order valence-corrected chi connectivity index (χ1v) is 10.2. The van der Waals surface area contributed by atoms with E-state index in [1.165, 1.54) is 0 Å². The third-order valence-electron chi connectivity index (χ3n) is 4.68. The molecule has 1 fully saturated rings. The fourth-order valence-electron chi connectivity index (χ4n) is 3.03. The van der Waals surface area contributed by atoms with Crippen molar-refractivity contribution >= 4 is 10.0 Å². The Balaban J connectivity index is 1.90. The van der Waals surface area contributed by atoms with E-state index in [1.807, 2.05) is 44.2 Å². The Morgan fingerprint density at radius 1 is 1.08 bits per heavy atom. The average Bonchev–Trinajstić information content (AvgIpc) is 3.46. The van der Waals surface area contributed by atoms with Gasteiger partial charge < -0.3 is 4.74 Å². The van der Waals surface area contributed by atoms with Crippen molar-refractivity contribution in [3.63, 3.8) is 0 Å². The van der Waals surface area contributed by atoms with Crippen LogP contribution in [0.5, 0.6) is 5.75 Å². The molecule has 2 aromatic carbocycles. The SMILES string of the molecule is CCOc1ccc(S(=O)(=O)N(Cc2ccccc2)[C@H](C)C2CC2)cc1. The number of benzene rings is 2. The van der Waals surface area contributed by atoms with E-state index >= 15 is 0 Å². The first-order valence-electron chi connectivity index (χ1n) is 8.81. The van der Waals surface area contributed by atoms with Crippen LogP contribution in [0.3, 0.4) is 0 Å². The van der Waals surface area contributed by atoms with Gasteiger partial charge in [-0.15, -0.1) is 0 Å². The van der Waals surface area contributed by atoms with Crippen molar-refractivity contribution in [2.45, 2.75) is 44.2 Å². The highest BCUT2D eigenvalue weighted by Gasteiger charge is 2.38. The van der Waals surface area contributed by atoms with Gasteiger partial charge in [-0.25, -0.2) is 8.42 Å². The van der Waals surface area contributed by atoms with Gasteiger partial charge in [-0.3, -0.25) is 0 Å². The molecule has 0 spiro atoms. The van der Waals surface area contributed by atoms with Crippen molar-refractivity contribution < 1.29 is 13.2 Å². The van der Waals surface area contributed by atoms with Gasteiger partial charge in [-0.2, -0.15) is 4.31 Å². The Bertz CT molecular complexity index is 783. The number of rotatable bonds is 8. The molecule has 0 bridgehead atoms. The topological polar surface area (TPSA) is 46.6 Å². The third kappa shape index (κ3) is 4.22. The lowest BCUT2D eigenvalue weighted by Crippen LogP contribution is -2.39. The van der Waals surface area contributed by atoms with Crippen LogP contribution in [0.4, 0.5) is 0 Å². The molecule has 0 radical (unpaired) electrons. The lowest BCUT2D eigenvalue weighted by Gasteiger charge is -2.28. The van der Waals surface area contributed by atoms with E-state index in [9.17, 15) is 8.42 Å². The monoisotopic (exact) mass is 359 g/mol. The predicted molar refractivity (Wildman–Crippen MR) is 99.0 cm³/mol. The Hall–Kier alpha value is -1.85. The highest BCUT2D eigenvalue weighted by molar-refractivity contribution is 7.89. The molecule has 1 saturated carbocycles. The minimum absolute atomic E-state index is 0.00299. The lowest BCUT2D eigenvalue weighted by atomic mass is 10.2. The van der Waals surface area contributed by atoms with Gasteiger partial charge in [0.25, 0.3) is 0 Å². The van der Waals surface area contributed by atoms with Gasteiger partial charge in [0, 0.05) is 12.6 Å². The number of hydrogen-bond acceptors (Lipinski definition) is 3. The molecule has 0 N–H and O–H groups in total. The maximum absolute atomic E-state index is 13.3. The molecule has 5 heteroatoms. The van der Waals surface area contributed by atoms with E-state index in [-0.39, 0.29) is 6.04 Å². The number of ether oxygens (including phenoxy) is 1. The van der Waals surface area contributed by atoms with Gasteiger partial charge >= 0.3 is 0 Å². The van der Waals surface area contributed by atoms with Crippen LogP contribution in [0.1, 0.15) is 32.3 Å². The lowest BCUT2D eigenvalue weighted by molar-refractivity contribution is 0.303.